The number of carbonyl (C=O) groups is 1. The molecule has 8 nitrogen and oxygen atoms in total. The molecule has 27 heavy (non-hydrogen) atoms. The van der Waals surface area contributed by atoms with Crippen LogP contribution in [0.3, 0.4) is 0 Å². The molecule has 0 unspecified atom stereocenters. The van der Waals surface area contributed by atoms with E-state index in [1.165, 1.54) is 37.4 Å². The van der Waals surface area contributed by atoms with Gasteiger partial charge in [-0.15, -0.1) is 0 Å². The summed E-state index contributed by atoms with van der Waals surface area (Å²) in [5, 5.41) is 6.16. The number of carbonyl (C=O) groups excluding carboxylic acids is 1. The number of nitrogens with one attached hydrogen (secondary N) is 1. The molecule has 0 aliphatic carbocycles. The summed E-state index contributed by atoms with van der Waals surface area (Å²) >= 11 is 0. The smallest absolute Gasteiger partial charge is 0.282 e. The van der Waals surface area contributed by atoms with Crippen molar-refractivity contribution in [3.8, 4) is 5.75 Å². The summed E-state index contributed by atoms with van der Waals surface area (Å²) in [5.74, 6) is -0.921. The van der Waals surface area contributed by atoms with E-state index >= 15 is 0 Å². The van der Waals surface area contributed by atoms with E-state index in [0.717, 1.165) is 12.3 Å². The molecule has 0 fully saturated rings. The third kappa shape index (κ3) is 4.47. The second-order valence-corrected chi connectivity index (χ2v) is 6.89. The van der Waals surface area contributed by atoms with Crippen molar-refractivity contribution in [2.75, 3.05) is 13.7 Å². The number of nitrogens with zero attached hydrogens (tertiary/aromatic N) is 3. The van der Waals surface area contributed by atoms with Crippen LogP contribution in [0.5, 0.6) is 5.75 Å². The zero-order chi connectivity index (χ0) is 20.0. The lowest BCUT2D eigenvalue weighted by Gasteiger charge is -2.06. The second kappa shape index (κ2) is 8.41. The summed E-state index contributed by atoms with van der Waals surface area (Å²) in [7, 11) is -2.51. The molecule has 0 aliphatic rings. The topological polar surface area (TPSA) is 103 Å². The third-order valence-electron chi connectivity index (χ3n) is 3.46. The lowest BCUT2D eigenvalue weighted by Crippen LogP contribution is -2.26. The van der Waals surface area contributed by atoms with Crippen molar-refractivity contribution < 1.29 is 23.8 Å². The normalized spacial score (nSPS) is 12.1. The van der Waals surface area contributed by atoms with Crippen LogP contribution in [-0.2, 0) is 10.0 Å². The molecule has 2 aromatic rings. The van der Waals surface area contributed by atoms with E-state index in [4.69, 9.17) is 4.74 Å². The molecule has 1 amide bonds. The van der Waals surface area contributed by atoms with Gasteiger partial charge < -0.3 is 10.1 Å². The SMILES string of the molecule is C=C/C(F)=C(/CNC(=O)c1ccn(S(=O)(=O)c2ccc(OC)cc2)n1)N=C.[HH]. The molecule has 0 radical (unpaired) electrons. The number of hydrogen-bond acceptors (Lipinski definition) is 6. The summed E-state index contributed by atoms with van der Waals surface area (Å²) in [6.45, 7) is 6.22. The molecule has 144 valence electrons. The Balaban J connectivity index is 0.00000392. The van der Waals surface area contributed by atoms with Crippen molar-refractivity contribution >= 4 is 22.6 Å². The maximum Gasteiger partial charge on any atom is 0.282 e. The fourth-order valence-electron chi connectivity index (χ4n) is 2.01. The average Bonchev–Trinajstić information content (AvgIpc) is 3.19. The first-order valence-corrected chi connectivity index (χ1v) is 8.98. The predicted molar refractivity (Wildman–Crippen MR) is 100 cm³/mol. The molecular formula is C17H19FN4O4S. The van der Waals surface area contributed by atoms with Crippen LogP contribution in [0.1, 0.15) is 11.9 Å². The molecule has 0 saturated carbocycles. The van der Waals surface area contributed by atoms with Crippen LogP contribution in [0.15, 0.2) is 70.6 Å². The van der Waals surface area contributed by atoms with Gasteiger partial charge in [-0.3, -0.25) is 9.79 Å². The zero-order valence-electron chi connectivity index (χ0n) is 14.4. The van der Waals surface area contributed by atoms with Gasteiger partial charge in [-0.05, 0) is 43.1 Å². The van der Waals surface area contributed by atoms with Gasteiger partial charge in [0.1, 0.15) is 11.6 Å². The van der Waals surface area contributed by atoms with E-state index in [9.17, 15) is 17.6 Å². The number of aliphatic imine (C=N–C) groups is 1. The van der Waals surface area contributed by atoms with Gasteiger partial charge >= 0.3 is 0 Å². The van der Waals surface area contributed by atoms with Crippen LogP contribution in [0.2, 0.25) is 0 Å². The molecule has 1 aromatic carbocycles. The molecule has 1 heterocycles. The van der Waals surface area contributed by atoms with Crippen LogP contribution in [-0.4, -0.2) is 43.9 Å². The first kappa shape index (κ1) is 20.0. The van der Waals surface area contributed by atoms with Gasteiger partial charge in [0.25, 0.3) is 15.9 Å². The summed E-state index contributed by atoms with van der Waals surface area (Å²) in [4.78, 5) is 15.5. The second-order valence-electron chi connectivity index (χ2n) is 5.09. The molecule has 0 aliphatic heterocycles. The molecule has 1 aromatic heterocycles. The van der Waals surface area contributed by atoms with Gasteiger partial charge in [0.2, 0.25) is 0 Å². The minimum absolute atomic E-state index is 0. The Morgan fingerprint density at radius 3 is 2.63 bits per heavy atom. The Morgan fingerprint density at radius 1 is 1.41 bits per heavy atom. The predicted octanol–water partition coefficient (Wildman–Crippen LogP) is 2.17. The van der Waals surface area contributed by atoms with Crippen LogP contribution in [0.25, 0.3) is 0 Å². The Morgan fingerprint density at radius 2 is 2.07 bits per heavy atom. The zero-order valence-corrected chi connectivity index (χ0v) is 15.2. The number of halogens is 1. The highest BCUT2D eigenvalue weighted by atomic mass is 32.2. The molecule has 1 N–H and O–H groups in total. The van der Waals surface area contributed by atoms with Crippen molar-refractivity contribution in [1.29, 1.82) is 0 Å². The third-order valence-corrected chi connectivity index (χ3v) is 5.03. The van der Waals surface area contributed by atoms with E-state index in [1.54, 1.807) is 0 Å². The monoisotopic (exact) mass is 394 g/mol. The van der Waals surface area contributed by atoms with Crippen molar-refractivity contribution in [2.45, 2.75) is 4.90 Å². The lowest BCUT2D eigenvalue weighted by molar-refractivity contribution is 0.0951. The van der Waals surface area contributed by atoms with Crippen molar-refractivity contribution in [3.05, 3.63) is 66.4 Å². The number of benzene rings is 1. The Kier molecular flexibility index (Phi) is 6.24. The minimum Gasteiger partial charge on any atom is -0.497 e. The number of allylic oxidation sites excluding steroid dienone is 2. The molecule has 2 rings (SSSR count). The molecule has 0 spiro atoms. The fourth-order valence-corrected chi connectivity index (χ4v) is 3.12. The molecule has 0 bridgehead atoms. The first-order valence-electron chi connectivity index (χ1n) is 7.54. The highest BCUT2D eigenvalue weighted by Crippen LogP contribution is 2.18. The quantitative estimate of drug-likeness (QED) is 0.546. The highest BCUT2D eigenvalue weighted by molar-refractivity contribution is 7.89. The van der Waals surface area contributed by atoms with E-state index in [-0.39, 0.29) is 24.3 Å². The van der Waals surface area contributed by atoms with Gasteiger partial charge in [0.05, 0.1) is 24.2 Å². The van der Waals surface area contributed by atoms with E-state index < -0.39 is 21.8 Å². The van der Waals surface area contributed by atoms with E-state index in [1.807, 2.05) is 0 Å². The molecular weight excluding hydrogens is 375 g/mol. The largest absolute Gasteiger partial charge is 0.497 e. The number of amides is 1. The summed E-state index contributed by atoms with van der Waals surface area (Å²) in [6, 6.07) is 6.94. The van der Waals surface area contributed by atoms with Gasteiger partial charge in [-0.25, -0.2) is 4.39 Å². The van der Waals surface area contributed by atoms with Crippen LogP contribution in [0.4, 0.5) is 4.39 Å². The van der Waals surface area contributed by atoms with Crippen LogP contribution < -0.4 is 10.1 Å². The van der Waals surface area contributed by atoms with Crippen molar-refractivity contribution in [2.24, 2.45) is 4.99 Å². The Labute approximate surface area is 157 Å². The first-order chi connectivity index (χ1) is 12.8. The minimum atomic E-state index is -3.97. The maximum atomic E-state index is 13.4. The van der Waals surface area contributed by atoms with Crippen LogP contribution >= 0.6 is 0 Å². The van der Waals surface area contributed by atoms with Gasteiger partial charge in [-0.2, -0.15) is 17.6 Å². The van der Waals surface area contributed by atoms with Crippen molar-refractivity contribution in [3.63, 3.8) is 0 Å². The molecule has 0 saturated heterocycles. The summed E-state index contributed by atoms with van der Waals surface area (Å²) in [6.07, 6.45) is 2.08. The lowest BCUT2D eigenvalue weighted by atomic mass is 10.3. The number of rotatable bonds is 8. The number of hydrogen-bond donors (Lipinski definition) is 1. The number of aromatic nitrogens is 2. The van der Waals surface area contributed by atoms with Gasteiger partial charge in [0, 0.05) is 7.62 Å². The average molecular weight is 394 g/mol. The van der Waals surface area contributed by atoms with E-state index in [2.05, 4.69) is 28.7 Å². The number of methoxy groups -OCH3 is 1. The van der Waals surface area contributed by atoms with E-state index in [0.29, 0.717) is 9.84 Å². The van der Waals surface area contributed by atoms with Gasteiger partial charge in [-0.1, -0.05) is 6.58 Å². The Bertz CT molecular complexity index is 1000. The standard InChI is InChI=1S/C17H17FN4O4S.H2/c1-4-14(18)16(19-2)11-20-17(23)15-9-10-22(21-15)27(24,25)13-7-5-12(26-3)6-8-13;/h4-10H,1-2,11H2,3H3,(H,20,23);1H/b16-14+;. The Hall–Kier alpha value is -3.27. The molecule has 10 heteroatoms. The molecule has 0 atom stereocenters. The summed E-state index contributed by atoms with van der Waals surface area (Å²) in [5.41, 5.74) is -0.266. The van der Waals surface area contributed by atoms with Crippen LogP contribution in [0, 0.1) is 0 Å². The number of ether oxygens (including phenoxy) is 1. The van der Waals surface area contributed by atoms with Gasteiger partial charge in [0.15, 0.2) is 5.69 Å². The van der Waals surface area contributed by atoms with Crippen molar-refractivity contribution in [1.82, 2.24) is 14.5 Å². The summed E-state index contributed by atoms with van der Waals surface area (Å²) < 4.78 is 44.2. The fraction of sp³-hybridized carbons (Fsp3) is 0.118. The maximum absolute atomic E-state index is 13.4. The highest BCUT2D eigenvalue weighted by Gasteiger charge is 2.20.